The lowest BCUT2D eigenvalue weighted by molar-refractivity contribution is -0.785. The number of amides is 2. The summed E-state index contributed by atoms with van der Waals surface area (Å²) in [4.78, 5) is 30.4. The Morgan fingerprint density at radius 1 is 1.39 bits per heavy atom. The number of likely N-dealkylation sites (tertiary alicyclic amines) is 1. The van der Waals surface area contributed by atoms with Crippen LogP contribution in [0.2, 0.25) is 0 Å². The second kappa shape index (κ2) is 9.79. The second-order valence-corrected chi connectivity index (χ2v) is 9.47. The third-order valence-electron chi connectivity index (χ3n) is 7.33. The van der Waals surface area contributed by atoms with E-state index >= 15 is 0 Å². The van der Waals surface area contributed by atoms with Gasteiger partial charge in [-0.25, -0.2) is 9.78 Å². The molecule has 0 aliphatic carbocycles. The number of hydrogen-bond donors (Lipinski definition) is 2. The Hall–Kier alpha value is -1.77. The van der Waals surface area contributed by atoms with Crippen LogP contribution in [-0.4, -0.2) is 67.6 Å². The average molecular weight is 437 g/mol. The van der Waals surface area contributed by atoms with E-state index in [9.17, 15) is 19.8 Å². The zero-order chi connectivity index (χ0) is 22.6. The molecule has 0 saturated carbocycles. The molecule has 1 aromatic rings. The smallest absolute Gasteiger partial charge is 0.435 e. The van der Waals surface area contributed by atoms with Crippen LogP contribution in [-0.2, 0) is 23.0 Å². The topological polar surface area (TPSA) is 102 Å². The quantitative estimate of drug-likeness (QED) is 0.577. The van der Waals surface area contributed by atoms with Crippen molar-refractivity contribution in [3.05, 3.63) is 18.2 Å². The van der Waals surface area contributed by atoms with Gasteiger partial charge < -0.3 is 19.5 Å². The van der Waals surface area contributed by atoms with Gasteiger partial charge in [0, 0.05) is 31.5 Å². The normalized spacial score (nSPS) is 31.0. The third kappa shape index (κ3) is 4.71. The van der Waals surface area contributed by atoms with Crippen LogP contribution in [0, 0.1) is 11.8 Å². The van der Waals surface area contributed by atoms with Gasteiger partial charge in [0.1, 0.15) is 18.7 Å². The molecule has 8 nitrogen and oxygen atoms in total. The van der Waals surface area contributed by atoms with Crippen LogP contribution in [0.4, 0.5) is 4.79 Å². The summed E-state index contributed by atoms with van der Waals surface area (Å²) < 4.78 is 7.12. The van der Waals surface area contributed by atoms with Crippen LogP contribution in [0.1, 0.15) is 64.5 Å². The molecule has 3 unspecified atom stereocenters. The molecule has 3 heterocycles. The molecule has 174 valence electrons. The largest absolute Gasteiger partial charge is 0.521 e. The number of carbonyl (C=O) groups excluding carboxylic acids is 1. The molecule has 2 aliphatic rings. The minimum atomic E-state index is -1.33. The van der Waals surface area contributed by atoms with E-state index in [4.69, 9.17) is 4.74 Å². The van der Waals surface area contributed by atoms with Crippen LogP contribution < -0.4 is 0 Å². The van der Waals surface area contributed by atoms with Crippen molar-refractivity contribution in [1.82, 2.24) is 9.55 Å². The van der Waals surface area contributed by atoms with Gasteiger partial charge in [0.15, 0.2) is 0 Å². The molecule has 2 amide bonds. The zero-order valence-corrected chi connectivity index (χ0v) is 19.1. The predicted octanol–water partition coefficient (Wildman–Crippen LogP) is 3.13. The Kier molecular flexibility index (Phi) is 7.55. The Bertz CT molecular complexity index is 775. The molecule has 31 heavy (non-hydrogen) atoms. The molecule has 2 fully saturated rings. The number of imide groups is 1. The molecule has 0 radical (unpaired) electrons. The Morgan fingerprint density at radius 3 is 2.71 bits per heavy atom. The lowest BCUT2D eigenvalue weighted by atomic mass is 9.85. The SMILES string of the molecule is CCCCC(O)(C[N+]1(C(=O)O)C[C@H](Cc2cncn2C)[C@@H](CC)C1=O)C1CCCCO1. The van der Waals surface area contributed by atoms with Crippen LogP contribution >= 0.6 is 0 Å². The van der Waals surface area contributed by atoms with Crippen LogP contribution in [0.25, 0.3) is 0 Å². The maximum absolute atomic E-state index is 13.6. The van der Waals surface area contributed by atoms with Crippen LogP contribution in [0.5, 0.6) is 0 Å². The van der Waals surface area contributed by atoms with E-state index in [0.717, 1.165) is 31.4 Å². The number of carbonyl (C=O) groups is 2. The van der Waals surface area contributed by atoms with Crippen molar-refractivity contribution in [2.75, 3.05) is 19.7 Å². The predicted molar refractivity (Wildman–Crippen MR) is 115 cm³/mol. The number of nitrogens with zero attached hydrogens (tertiary/aromatic N) is 3. The molecular weight excluding hydrogens is 398 g/mol. The molecule has 0 aromatic carbocycles. The third-order valence-corrected chi connectivity index (χ3v) is 7.33. The van der Waals surface area contributed by atoms with E-state index < -0.39 is 22.3 Å². The van der Waals surface area contributed by atoms with Gasteiger partial charge in [0.2, 0.25) is 0 Å². The maximum Gasteiger partial charge on any atom is 0.521 e. The number of imidazole rings is 1. The van der Waals surface area contributed by atoms with Gasteiger partial charge in [-0.1, -0.05) is 26.7 Å². The fraction of sp³-hybridized carbons (Fsp3) is 0.783. The van der Waals surface area contributed by atoms with Crippen LogP contribution in [0.3, 0.4) is 0 Å². The number of carboxylic acid groups (broad SMARTS) is 1. The number of ether oxygens (including phenoxy) is 1. The van der Waals surface area contributed by atoms with Gasteiger partial charge in [-0.05, 0) is 38.5 Å². The van der Waals surface area contributed by atoms with Gasteiger partial charge >= 0.3 is 12.0 Å². The molecule has 2 saturated heterocycles. The van der Waals surface area contributed by atoms with Crippen molar-refractivity contribution in [2.24, 2.45) is 18.9 Å². The number of hydrogen-bond acceptors (Lipinski definition) is 5. The summed E-state index contributed by atoms with van der Waals surface area (Å²) in [6.07, 6.45) is 7.77. The standard InChI is InChI=1S/C23H37N3O5/c1-4-6-10-23(30,20-9-7-8-11-31-20)15-26(22(28)29)14-17(19(5-2)21(26)27)12-18-13-24-16-25(18)3/h13,16-17,19-20,30H,4-12,14-15H2,1-3H3/p+1/t17-,19+,20?,23?,26?/m0/s1. The summed E-state index contributed by atoms with van der Waals surface area (Å²) in [6, 6.07) is 0. The van der Waals surface area contributed by atoms with E-state index in [2.05, 4.69) is 4.98 Å². The summed E-state index contributed by atoms with van der Waals surface area (Å²) in [5, 5.41) is 22.1. The summed E-state index contributed by atoms with van der Waals surface area (Å²) >= 11 is 0. The van der Waals surface area contributed by atoms with Crippen molar-refractivity contribution in [3.63, 3.8) is 0 Å². The van der Waals surface area contributed by atoms with Crippen LogP contribution in [0.15, 0.2) is 12.5 Å². The monoisotopic (exact) mass is 436 g/mol. The summed E-state index contributed by atoms with van der Waals surface area (Å²) in [7, 11) is 1.91. The first-order valence-corrected chi connectivity index (χ1v) is 11.7. The molecule has 8 heteroatoms. The highest BCUT2D eigenvalue weighted by Gasteiger charge is 2.62. The van der Waals surface area contributed by atoms with E-state index in [1.807, 2.05) is 25.5 Å². The molecule has 3 rings (SSSR count). The van der Waals surface area contributed by atoms with Crippen molar-refractivity contribution in [3.8, 4) is 0 Å². The number of unbranched alkanes of at least 4 members (excludes halogenated alkanes) is 1. The summed E-state index contributed by atoms with van der Waals surface area (Å²) in [5.74, 6) is -0.742. The maximum atomic E-state index is 13.6. The van der Waals surface area contributed by atoms with E-state index in [1.165, 1.54) is 0 Å². The van der Waals surface area contributed by atoms with Gasteiger partial charge in [0.25, 0.3) is 0 Å². The molecule has 2 N–H and O–H groups in total. The minimum Gasteiger partial charge on any atom is -0.435 e. The van der Waals surface area contributed by atoms with E-state index in [0.29, 0.717) is 32.3 Å². The van der Waals surface area contributed by atoms with Crippen molar-refractivity contribution in [1.29, 1.82) is 0 Å². The summed E-state index contributed by atoms with van der Waals surface area (Å²) in [5.41, 5.74) is -0.344. The molecule has 1 aromatic heterocycles. The molecule has 0 bridgehead atoms. The minimum absolute atomic E-state index is 0.105. The fourth-order valence-corrected chi connectivity index (χ4v) is 5.54. The average Bonchev–Trinajstić information content (AvgIpc) is 3.28. The number of aryl methyl sites for hydroxylation is 1. The Labute approximate surface area is 184 Å². The highest BCUT2D eigenvalue weighted by Crippen LogP contribution is 2.40. The first-order valence-electron chi connectivity index (χ1n) is 11.7. The Morgan fingerprint density at radius 2 is 2.16 bits per heavy atom. The van der Waals surface area contributed by atoms with Crippen molar-refractivity contribution >= 4 is 12.0 Å². The summed E-state index contributed by atoms with van der Waals surface area (Å²) in [6.45, 7) is 4.62. The highest BCUT2D eigenvalue weighted by molar-refractivity contribution is 5.84. The van der Waals surface area contributed by atoms with E-state index in [-0.39, 0.29) is 30.8 Å². The lowest BCUT2D eigenvalue weighted by Gasteiger charge is -2.41. The van der Waals surface area contributed by atoms with Gasteiger partial charge in [-0.3, -0.25) is 0 Å². The lowest BCUT2D eigenvalue weighted by Crippen LogP contribution is -2.64. The van der Waals surface area contributed by atoms with Gasteiger partial charge in [-0.15, -0.1) is 0 Å². The number of rotatable bonds is 9. The van der Waals surface area contributed by atoms with Gasteiger partial charge in [-0.2, -0.15) is 9.28 Å². The number of quaternary nitrogens is 1. The molecule has 5 atom stereocenters. The van der Waals surface area contributed by atoms with Crippen molar-refractivity contribution < 1.29 is 29.0 Å². The fourth-order valence-electron chi connectivity index (χ4n) is 5.54. The Balaban J connectivity index is 1.92. The van der Waals surface area contributed by atoms with Crippen molar-refractivity contribution in [2.45, 2.75) is 76.9 Å². The second-order valence-electron chi connectivity index (χ2n) is 9.47. The number of aromatic nitrogens is 2. The number of aliphatic hydroxyl groups is 1. The zero-order valence-electron chi connectivity index (χ0n) is 19.1. The highest BCUT2D eigenvalue weighted by atomic mass is 16.5. The first-order chi connectivity index (χ1) is 14.8. The first kappa shape index (κ1) is 23.9. The van der Waals surface area contributed by atoms with Gasteiger partial charge in [0.05, 0.1) is 18.3 Å². The van der Waals surface area contributed by atoms with E-state index in [1.54, 1.807) is 12.5 Å². The molecular formula is C23H38N3O5+. The molecule has 2 aliphatic heterocycles. The molecule has 0 spiro atoms.